The van der Waals surface area contributed by atoms with Crippen LogP contribution in [0.3, 0.4) is 0 Å². The van der Waals surface area contributed by atoms with E-state index in [2.05, 4.69) is 111 Å². The minimum absolute atomic E-state index is 0.0264. The molecule has 0 saturated carbocycles. The van der Waals surface area contributed by atoms with Gasteiger partial charge in [0.15, 0.2) is 0 Å². The number of aliphatic hydroxyl groups excluding tert-OH is 2. The van der Waals surface area contributed by atoms with Crippen molar-refractivity contribution in [2.24, 2.45) is 0 Å². The first-order valence-electron chi connectivity index (χ1n) is 25.0. The highest BCUT2D eigenvalue weighted by Crippen LogP contribution is 2.17. The molecule has 3 unspecified atom stereocenters. The van der Waals surface area contributed by atoms with Crippen LogP contribution in [-0.2, 0) is 14.3 Å². The lowest BCUT2D eigenvalue weighted by Gasteiger charge is -2.24. The average molecular weight is 848 g/mol. The number of allylic oxidation sites excluding steroid dienone is 16. The summed E-state index contributed by atoms with van der Waals surface area (Å²) < 4.78 is 5.87. The summed E-state index contributed by atoms with van der Waals surface area (Å²) in [4.78, 5) is 26.1. The smallest absolute Gasteiger partial charge is 0.306 e. The molecule has 0 aliphatic carbocycles. The average Bonchev–Trinajstić information content (AvgIpc) is 3.25. The third kappa shape index (κ3) is 43.2. The highest BCUT2D eigenvalue weighted by atomic mass is 16.5. The minimum Gasteiger partial charge on any atom is -0.462 e. The zero-order valence-corrected chi connectivity index (χ0v) is 39.5. The topological polar surface area (TPSA) is 95.9 Å². The van der Waals surface area contributed by atoms with Crippen LogP contribution in [0.25, 0.3) is 0 Å². The second-order valence-corrected chi connectivity index (χ2v) is 16.5. The number of rotatable bonds is 43. The van der Waals surface area contributed by atoms with Crippen LogP contribution in [0.4, 0.5) is 0 Å². The lowest BCUT2D eigenvalue weighted by molar-refractivity contribution is -0.151. The molecule has 0 spiro atoms. The van der Waals surface area contributed by atoms with Crippen molar-refractivity contribution >= 4 is 11.9 Å². The number of amides is 1. The summed E-state index contributed by atoms with van der Waals surface area (Å²) in [6.07, 6.45) is 63.3. The molecule has 0 bridgehead atoms. The Hall–Kier alpha value is -3.22. The number of nitrogens with one attached hydrogen (secondary N) is 1. The molecule has 0 fully saturated rings. The summed E-state index contributed by atoms with van der Waals surface area (Å²) in [7, 11) is 0. The molecule has 0 rings (SSSR count). The van der Waals surface area contributed by atoms with Crippen LogP contribution in [0.5, 0.6) is 0 Å². The fourth-order valence-electron chi connectivity index (χ4n) is 6.99. The molecule has 0 aromatic heterocycles. The number of unbranched alkanes of at least 4 members (excludes halogenated alkanes) is 17. The largest absolute Gasteiger partial charge is 0.462 e. The second kappa shape index (κ2) is 47.8. The van der Waals surface area contributed by atoms with Crippen molar-refractivity contribution in [3.8, 4) is 0 Å². The van der Waals surface area contributed by atoms with Gasteiger partial charge in [-0.1, -0.05) is 214 Å². The number of carbonyl (C=O) groups excluding carboxylic acids is 2. The predicted molar refractivity (Wildman–Crippen MR) is 264 cm³/mol. The third-order valence-corrected chi connectivity index (χ3v) is 10.7. The Bertz CT molecular complexity index is 1220. The van der Waals surface area contributed by atoms with Gasteiger partial charge in [0.25, 0.3) is 0 Å². The van der Waals surface area contributed by atoms with Gasteiger partial charge in [-0.15, -0.1) is 0 Å². The van der Waals surface area contributed by atoms with Gasteiger partial charge in [0.2, 0.25) is 5.91 Å². The number of esters is 1. The van der Waals surface area contributed by atoms with Gasteiger partial charge in [-0.3, -0.25) is 9.59 Å². The van der Waals surface area contributed by atoms with Gasteiger partial charge in [0, 0.05) is 6.42 Å². The molecular formula is C55H93NO5. The lowest BCUT2D eigenvalue weighted by Crippen LogP contribution is -2.46. The number of hydrogen-bond acceptors (Lipinski definition) is 5. The van der Waals surface area contributed by atoms with Crippen molar-refractivity contribution in [3.63, 3.8) is 0 Å². The minimum atomic E-state index is -0.811. The second-order valence-electron chi connectivity index (χ2n) is 16.5. The molecule has 3 atom stereocenters. The van der Waals surface area contributed by atoms with Crippen LogP contribution in [0.1, 0.15) is 213 Å². The fourth-order valence-corrected chi connectivity index (χ4v) is 6.99. The van der Waals surface area contributed by atoms with E-state index in [4.69, 9.17) is 4.74 Å². The van der Waals surface area contributed by atoms with Crippen molar-refractivity contribution in [2.75, 3.05) is 6.61 Å². The maximum atomic E-state index is 13.2. The maximum absolute atomic E-state index is 13.2. The Kier molecular flexibility index (Phi) is 45.3. The molecule has 1 amide bonds. The summed E-state index contributed by atoms with van der Waals surface area (Å²) in [5, 5.41) is 23.7. The molecule has 3 N–H and O–H groups in total. The Morgan fingerprint density at radius 3 is 1.51 bits per heavy atom. The van der Waals surface area contributed by atoms with Gasteiger partial charge in [0.1, 0.15) is 6.10 Å². The molecule has 61 heavy (non-hydrogen) atoms. The number of ether oxygens (including phenoxy) is 1. The quantitative estimate of drug-likeness (QED) is 0.0246. The van der Waals surface area contributed by atoms with Crippen LogP contribution in [-0.4, -0.2) is 46.9 Å². The SMILES string of the molecule is CC/C=C\C/C=C\C/C=C\C/C=C\C/C=C\CCCC(=O)OC(CCCCC\C=C/C=C/C=C/CC)CC(=O)NC(CO)C(O)CCCCCCCCCCCCCCCC. The van der Waals surface area contributed by atoms with Crippen molar-refractivity contribution in [2.45, 2.75) is 232 Å². The van der Waals surface area contributed by atoms with Crippen molar-refractivity contribution < 1.29 is 24.5 Å². The van der Waals surface area contributed by atoms with E-state index in [1.165, 1.54) is 70.6 Å². The highest BCUT2D eigenvalue weighted by molar-refractivity contribution is 5.77. The van der Waals surface area contributed by atoms with Crippen molar-refractivity contribution in [1.29, 1.82) is 0 Å². The Labute approximate surface area is 376 Å². The zero-order valence-electron chi connectivity index (χ0n) is 39.5. The monoisotopic (exact) mass is 848 g/mol. The highest BCUT2D eigenvalue weighted by Gasteiger charge is 2.24. The molecule has 0 aromatic carbocycles. The third-order valence-electron chi connectivity index (χ3n) is 10.7. The van der Waals surface area contributed by atoms with E-state index in [1.54, 1.807) is 0 Å². The van der Waals surface area contributed by atoms with E-state index >= 15 is 0 Å². The molecule has 0 aliphatic rings. The summed E-state index contributed by atoms with van der Waals surface area (Å²) in [5.41, 5.74) is 0. The standard InChI is InChI=1S/C55H93NO5/c1-4-7-10-13-16-19-22-24-26-27-28-30-33-36-39-42-45-48-55(60)61-51(46-43-40-37-34-31-21-18-15-12-9-6-3)49-54(59)56-52(50-57)53(58)47-44-41-38-35-32-29-25-23-20-17-14-11-8-5-2/h7,9-10,12,15-16,18-19,21,24,26,28,30-31,36,39,51-53,57-58H,4-6,8,11,13-14,17,20,22-23,25,27,29,32-35,37-38,40-50H2,1-3H3,(H,56,59)/b10-7-,12-9+,18-15+,19-16-,26-24-,30-28-,31-21-,39-36-. The summed E-state index contributed by atoms with van der Waals surface area (Å²) in [6, 6.07) is -0.729. The summed E-state index contributed by atoms with van der Waals surface area (Å²) >= 11 is 0. The van der Waals surface area contributed by atoms with Crippen molar-refractivity contribution in [1.82, 2.24) is 5.32 Å². The van der Waals surface area contributed by atoms with E-state index < -0.39 is 18.2 Å². The molecule has 348 valence electrons. The van der Waals surface area contributed by atoms with E-state index in [-0.39, 0.29) is 24.9 Å². The van der Waals surface area contributed by atoms with E-state index in [1.807, 2.05) is 12.2 Å². The molecule has 0 aliphatic heterocycles. The molecule has 6 nitrogen and oxygen atoms in total. The molecular weight excluding hydrogens is 755 g/mol. The number of hydrogen-bond donors (Lipinski definition) is 3. The fraction of sp³-hybridized carbons (Fsp3) is 0.673. The predicted octanol–water partition coefficient (Wildman–Crippen LogP) is 14.9. The normalized spacial score (nSPS) is 14.1. The van der Waals surface area contributed by atoms with Crippen LogP contribution in [0.2, 0.25) is 0 Å². The van der Waals surface area contributed by atoms with Crippen LogP contribution >= 0.6 is 0 Å². The summed E-state index contributed by atoms with van der Waals surface area (Å²) in [6.45, 7) is 6.20. The van der Waals surface area contributed by atoms with Crippen LogP contribution < -0.4 is 5.32 Å². The van der Waals surface area contributed by atoms with Gasteiger partial charge < -0.3 is 20.3 Å². The molecule has 6 heteroatoms. The Balaban J connectivity index is 4.67. The zero-order chi connectivity index (χ0) is 44.5. The molecule has 0 radical (unpaired) electrons. The van der Waals surface area contributed by atoms with E-state index in [0.717, 1.165) is 89.9 Å². The van der Waals surface area contributed by atoms with E-state index in [9.17, 15) is 19.8 Å². The Morgan fingerprint density at radius 1 is 0.508 bits per heavy atom. The lowest BCUT2D eigenvalue weighted by atomic mass is 10.0. The Morgan fingerprint density at radius 2 is 0.967 bits per heavy atom. The number of aliphatic hydroxyl groups is 2. The van der Waals surface area contributed by atoms with Crippen molar-refractivity contribution in [3.05, 3.63) is 97.2 Å². The van der Waals surface area contributed by atoms with E-state index in [0.29, 0.717) is 25.7 Å². The first-order chi connectivity index (χ1) is 30.0. The number of carbonyl (C=O) groups is 2. The summed E-state index contributed by atoms with van der Waals surface area (Å²) in [5.74, 6) is -0.587. The first-order valence-corrected chi connectivity index (χ1v) is 25.0. The van der Waals surface area contributed by atoms with Gasteiger partial charge in [0.05, 0.1) is 25.2 Å². The maximum Gasteiger partial charge on any atom is 0.306 e. The molecule has 0 aromatic rings. The van der Waals surface area contributed by atoms with Crippen LogP contribution in [0, 0.1) is 0 Å². The van der Waals surface area contributed by atoms with Gasteiger partial charge >= 0.3 is 5.97 Å². The van der Waals surface area contributed by atoms with Crippen LogP contribution in [0.15, 0.2) is 97.2 Å². The molecule has 0 saturated heterocycles. The van der Waals surface area contributed by atoms with Gasteiger partial charge in [-0.25, -0.2) is 0 Å². The van der Waals surface area contributed by atoms with Gasteiger partial charge in [-0.05, 0) is 83.5 Å². The first kappa shape index (κ1) is 57.8. The molecule has 0 heterocycles. The van der Waals surface area contributed by atoms with Gasteiger partial charge in [-0.2, -0.15) is 0 Å².